The third kappa shape index (κ3) is 2.99. The Kier molecular flexibility index (Phi) is 3.72. The summed E-state index contributed by atoms with van der Waals surface area (Å²) in [4.78, 5) is 13.5. The molecule has 76 valence electrons. The number of carbonyl (C=O) groups is 1. The number of amides is 1. The zero-order valence-corrected chi connectivity index (χ0v) is 8.49. The molecule has 0 radical (unpaired) electrons. The Morgan fingerprint density at radius 2 is 2.31 bits per heavy atom. The predicted molar refractivity (Wildman–Crippen MR) is 51.3 cm³/mol. The number of rotatable bonds is 2. The summed E-state index contributed by atoms with van der Waals surface area (Å²) in [6.07, 6.45) is 3.19. The van der Waals surface area contributed by atoms with Crippen molar-refractivity contribution in [2.24, 2.45) is 0 Å². The molecule has 2 unspecified atom stereocenters. The summed E-state index contributed by atoms with van der Waals surface area (Å²) in [5, 5.41) is 9.09. The fraction of sp³-hybridized carbons (Fsp3) is 0.900. The molecule has 0 bridgehead atoms. The zero-order valence-electron chi connectivity index (χ0n) is 8.49. The minimum atomic E-state index is -0.512. The molecule has 3 heteroatoms. The Morgan fingerprint density at radius 1 is 1.62 bits per heavy atom. The van der Waals surface area contributed by atoms with Gasteiger partial charge in [0.2, 0.25) is 5.91 Å². The monoisotopic (exact) mass is 185 g/mol. The van der Waals surface area contributed by atoms with Crippen molar-refractivity contribution in [2.45, 2.75) is 51.7 Å². The molecule has 0 saturated carbocycles. The van der Waals surface area contributed by atoms with E-state index in [4.69, 9.17) is 5.11 Å². The van der Waals surface area contributed by atoms with Crippen LogP contribution in [0.1, 0.15) is 39.5 Å². The summed E-state index contributed by atoms with van der Waals surface area (Å²) < 4.78 is 0. The van der Waals surface area contributed by atoms with Gasteiger partial charge in [-0.2, -0.15) is 0 Å². The first kappa shape index (κ1) is 10.5. The highest BCUT2D eigenvalue weighted by atomic mass is 16.3. The van der Waals surface area contributed by atoms with Crippen LogP contribution in [-0.4, -0.2) is 34.6 Å². The van der Waals surface area contributed by atoms with E-state index in [1.807, 2.05) is 4.90 Å². The second-order valence-corrected chi connectivity index (χ2v) is 3.99. The Balaban J connectivity index is 2.44. The highest BCUT2D eigenvalue weighted by molar-refractivity contribution is 5.77. The van der Waals surface area contributed by atoms with Gasteiger partial charge in [-0.3, -0.25) is 4.79 Å². The number of hydrogen-bond acceptors (Lipinski definition) is 2. The van der Waals surface area contributed by atoms with Gasteiger partial charge in [0.25, 0.3) is 0 Å². The van der Waals surface area contributed by atoms with E-state index in [1.54, 1.807) is 6.92 Å². The van der Waals surface area contributed by atoms with Crippen molar-refractivity contribution in [2.75, 3.05) is 6.54 Å². The van der Waals surface area contributed by atoms with Crippen LogP contribution in [0.4, 0.5) is 0 Å². The Labute approximate surface area is 79.7 Å². The van der Waals surface area contributed by atoms with Crippen LogP contribution in [0.25, 0.3) is 0 Å². The van der Waals surface area contributed by atoms with Crippen LogP contribution in [0.2, 0.25) is 0 Å². The number of aliphatic hydroxyl groups excluding tert-OH is 1. The molecule has 0 aromatic rings. The third-order valence-corrected chi connectivity index (χ3v) is 2.59. The van der Waals surface area contributed by atoms with Gasteiger partial charge in [-0.1, -0.05) is 0 Å². The van der Waals surface area contributed by atoms with Crippen molar-refractivity contribution in [3.05, 3.63) is 0 Å². The first-order valence-electron chi connectivity index (χ1n) is 5.09. The number of aliphatic hydroxyl groups is 1. The molecule has 3 nitrogen and oxygen atoms in total. The number of carbonyl (C=O) groups excluding carboxylic acids is 1. The molecule has 1 fully saturated rings. The average Bonchev–Trinajstić information content (AvgIpc) is 2.03. The lowest BCUT2D eigenvalue weighted by atomic mass is 10.0. The minimum Gasteiger partial charge on any atom is -0.393 e. The number of hydrogen-bond donors (Lipinski definition) is 1. The van der Waals surface area contributed by atoms with Crippen LogP contribution >= 0.6 is 0 Å². The lowest BCUT2D eigenvalue weighted by molar-refractivity contribution is -0.136. The van der Waals surface area contributed by atoms with Gasteiger partial charge in [-0.05, 0) is 33.1 Å². The molecule has 1 amide bonds. The maximum atomic E-state index is 11.6. The van der Waals surface area contributed by atoms with Gasteiger partial charge < -0.3 is 10.0 Å². The van der Waals surface area contributed by atoms with Gasteiger partial charge in [0.1, 0.15) is 0 Å². The van der Waals surface area contributed by atoms with Crippen molar-refractivity contribution in [1.82, 2.24) is 4.90 Å². The highest BCUT2D eigenvalue weighted by Crippen LogP contribution is 2.17. The van der Waals surface area contributed by atoms with Gasteiger partial charge in [-0.15, -0.1) is 0 Å². The molecule has 0 aromatic carbocycles. The first-order chi connectivity index (χ1) is 6.11. The summed E-state index contributed by atoms with van der Waals surface area (Å²) in [6, 6.07) is 0.361. The standard InChI is InChI=1S/C10H19NO2/c1-8-5-3-4-6-11(8)10(13)7-9(2)12/h8-9,12H,3-7H2,1-2H3. The number of piperidine rings is 1. The van der Waals surface area contributed by atoms with Crippen molar-refractivity contribution in [1.29, 1.82) is 0 Å². The lowest BCUT2D eigenvalue weighted by Gasteiger charge is -2.33. The van der Waals surface area contributed by atoms with E-state index in [9.17, 15) is 4.79 Å². The Morgan fingerprint density at radius 3 is 2.85 bits per heavy atom. The van der Waals surface area contributed by atoms with Gasteiger partial charge >= 0.3 is 0 Å². The molecule has 1 rings (SSSR count). The smallest absolute Gasteiger partial charge is 0.225 e. The second kappa shape index (κ2) is 4.61. The fourth-order valence-corrected chi connectivity index (χ4v) is 1.84. The lowest BCUT2D eigenvalue weighted by Crippen LogP contribution is -2.42. The normalized spacial score (nSPS) is 25.8. The van der Waals surface area contributed by atoms with Crippen molar-refractivity contribution in [3.63, 3.8) is 0 Å². The molecule has 13 heavy (non-hydrogen) atoms. The van der Waals surface area contributed by atoms with Crippen LogP contribution in [-0.2, 0) is 4.79 Å². The highest BCUT2D eigenvalue weighted by Gasteiger charge is 2.23. The summed E-state index contributed by atoms with van der Waals surface area (Å²) in [7, 11) is 0. The van der Waals surface area contributed by atoms with Gasteiger partial charge in [0, 0.05) is 12.6 Å². The molecule has 2 atom stereocenters. The van der Waals surface area contributed by atoms with Crippen LogP contribution in [0.3, 0.4) is 0 Å². The second-order valence-electron chi connectivity index (χ2n) is 3.99. The topological polar surface area (TPSA) is 40.5 Å². The van der Waals surface area contributed by atoms with E-state index < -0.39 is 6.10 Å². The van der Waals surface area contributed by atoms with Crippen LogP contribution < -0.4 is 0 Å². The SMILES string of the molecule is CC(O)CC(=O)N1CCCCC1C. The van der Waals surface area contributed by atoms with Crippen molar-refractivity contribution < 1.29 is 9.90 Å². The molecule has 1 aliphatic heterocycles. The van der Waals surface area contributed by atoms with E-state index >= 15 is 0 Å². The van der Waals surface area contributed by atoms with Gasteiger partial charge in [0.15, 0.2) is 0 Å². The van der Waals surface area contributed by atoms with Crippen LogP contribution in [0, 0.1) is 0 Å². The molecule has 0 aliphatic carbocycles. The Hall–Kier alpha value is -0.570. The van der Waals surface area contributed by atoms with Crippen LogP contribution in [0.5, 0.6) is 0 Å². The third-order valence-electron chi connectivity index (χ3n) is 2.59. The van der Waals surface area contributed by atoms with E-state index in [0.29, 0.717) is 6.04 Å². The molecular formula is C10H19NO2. The largest absolute Gasteiger partial charge is 0.393 e. The number of nitrogens with zero attached hydrogens (tertiary/aromatic N) is 1. The summed E-state index contributed by atoms with van der Waals surface area (Å²) >= 11 is 0. The quantitative estimate of drug-likeness (QED) is 0.701. The molecule has 0 aromatic heterocycles. The summed E-state index contributed by atoms with van der Waals surface area (Å²) in [5.41, 5.74) is 0. The van der Waals surface area contributed by atoms with E-state index in [-0.39, 0.29) is 12.3 Å². The van der Waals surface area contributed by atoms with E-state index in [0.717, 1.165) is 19.4 Å². The average molecular weight is 185 g/mol. The van der Waals surface area contributed by atoms with Crippen LogP contribution in [0.15, 0.2) is 0 Å². The predicted octanol–water partition coefficient (Wildman–Crippen LogP) is 1.16. The van der Waals surface area contributed by atoms with Gasteiger partial charge in [-0.25, -0.2) is 0 Å². The zero-order chi connectivity index (χ0) is 9.84. The van der Waals surface area contributed by atoms with Crippen molar-refractivity contribution in [3.8, 4) is 0 Å². The maximum absolute atomic E-state index is 11.6. The molecule has 0 spiro atoms. The minimum absolute atomic E-state index is 0.0993. The molecule has 1 aliphatic rings. The Bertz CT molecular complexity index is 180. The summed E-state index contributed by atoms with van der Waals surface area (Å²) in [6.45, 7) is 4.61. The van der Waals surface area contributed by atoms with E-state index in [1.165, 1.54) is 6.42 Å². The fourth-order valence-electron chi connectivity index (χ4n) is 1.84. The molecule has 1 saturated heterocycles. The molecule has 1 heterocycles. The molecular weight excluding hydrogens is 166 g/mol. The summed E-state index contributed by atoms with van der Waals surface area (Å²) in [5.74, 6) is 0.0993. The number of likely N-dealkylation sites (tertiary alicyclic amines) is 1. The molecule has 1 N–H and O–H groups in total. The van der Waals surface area contributed by atoms with Gasteiger partial charge in [0.05, 0.1) is 12.5 Å². The first-order valence-corrected chi connectivity index (χ1v) is 5.09. The van der Waals surface area contributed by atoms with E-state index in [2.05, 4.69) is 6.92 Å². The maximum Gasteiger partial charge on any atom is 0.225 e. The van der Waals surface area contributed by atoms with Crippen molar-refractivity contribution >= 4 is 5.91 Å².